The first kappa shape index (κ1) is 31.5. The van der Waals surface area contributed by atoms with Gasteiger partial charge in [0.1, 0.15) is 12.0 Å². The molecule has 3 saturated heterocycles. The van der Waals surface area contributed by atoms with Gasteiger partial charge in [0.25, 0.3) is 0 Å². The van der Waals surface area contributed by atoms with Gasteiger partial charge in [0.05, 0.1) is 25.6 Å². The molecule has 2 aromatic carbocycles. The number of carboxylic acids is 1. The Morgan fingerprint density at radius 2 is 1.36 bits per heavy atom. The maximum atomic E-state index is 13.9. The Kier molecular flexibility index (Phi) is 9.62. The number of carbonyl (C=O) groups excluding carboxylic acids is 3. The summed E-state index contributed by atoms with van der Waals surface area (Å²) in [5.74, 6) is -3.85. The monoisotopic (exact) mass is 590 g/mol. The predicted octanol–water partition coefficient (Wildman–Crippen LogP) is 2.95. The fourth-order valence-corrected chi connectivity index (χ4v) is 7.22. The fraction of sp³-hybridized carbons (Fsp3) is 0.516. The SMILES string of the molecule is NC(=O)C[C@@H]1C(OC(=O)C(O)(c2ccccc2)c2ccccc2)C2CC[N+]1(C1CCCCC1)CC2.O=C([O-])C(F)(F)F. The van der Waals surface area contributed by atoms with Crippen molar-refractivity contribution in [2.45, 2.75) is 81.3 Å². The van der Waals surface area contributed by atoms with E-state index in [9.17, 15) is 27.9 Å². The molecule has 3 N–H and O–H groups in total. The molecular weight excluding hydrogens is 553 g/mol. The van der Waals surface area contributed by atoms with Gasteiger partial charge in [-0.2, -0.15) is 13.2 Å². The number of hydrogen-bond donors (Lipinski definition) is 2. The van der Waals surface area contributed by atoms with Crippen LogP contribution < -0.4 is 10.8 Å². The number of aliphatic hydroxyl groups is 1. The number of aliphatic carboxylic acids is 1. The van der Waals surface area contributed by atoms with Crippen LogP contribution in [-0.2, 0) is 24.7 Å². The van der Waals surface area contributed by atoms with Crippen molar-refractivity contribution in [2.24, 2.45) is 11.7 Å². The van der Waals surface area contributed by atoms with Gasteiger partial charge in [-0.3, -0.25) is 4.79 Å². The highest BCUT2D eigenvalue weighted by Gasteiger charge is 2.59. The number of rotatable bonds is 7. The number of alkyl halides is 3. The van der Waals surface area contributed by atoms with E-state index in [4.69, 9.17) is 20.4 Å². The molecule has 4 fully saturated rings. The molecule has 1 aliphatic carbocycles. The van der Waals surface area contributed by atoms with Gasteiger partial charge in [0, 0.05) is 18.8 Å². The number of nitrogens with zero attached hydrogens (tertiary/aromatic N) is 1. The van der Waals surface area contributed by atoms with Gasteiger partial charge in [-0.25, -0.2) is 4.79 Å². The number of carbonyl (C=O) groups is 3. The summed E-state index contributed by atoms with van der Waals surface area (Å²) in [6.45, 7) is 2.03. The highest BCUT2D eigenvalue weighted by molar-refractivity contribution is 5.85. The smallest absolute Gasteiger partial charge is 0.430 e. The van der Waals surface area contributed by atoms with E-state index in [1.165, 1.54) is 19.3 Å². The van der Waals surface area contributed by atoms with Crippen molar-refractivity contribution >= 4 is 17.8 Å². The van der Waals surface area contributed by atoms with Crippen LogP contribution in [0, 0.1) is 5.92 Å². The van der Waals surface area contributed by atoms with Crippen molar-refractivity contribution < 1.29 is 47.0 Å². The first-order valence-electron chi connectivity index (χ1n) is 14.4. The van der Waals surface area contributed by atoms with E-state index in [1.54, 1.807) is 24.3 Å². The number of amides is 1. The van der Waals surface area contributed by atoms with Crippen molar-refractivity contribution in [3.8, 4) is 0 Å². The van der Waals surface area contributed by atoms with Gasteiger partial charge in [-0.15, -0.1) is 0 Å². The number of benzene rings is 2. The number of ether oxygens (including phenoxy) is 1. The summed E-state index contributed by atoms with van der Waals surface area (Å²) >= 11 is 0. The zero-order valence-electron chi connectivity index (χ0n) is 23.3. The summed E-state index contributed by atoms with van der Waals surface area (Å²) in [5, 5.41) is 20.7. The van der Waals surface area contributed by atoms with Crippen molar-refractivity contribution in [2.75, 3.05) is 13.1 Å². The molecule has 2 atom stereocenters. The molecule has 8 nitrogen and oxygen atoms in total. The Morgan fingerprint density at radius 3 is 1.79 bits per heavy atom. The molecule has 1 saturated carbocycles. The maximum Gasteiger partial charge on any atom is 0.430 e. The molecule has 4 aliphatic rings. The molecule has 0 aromatic heterocycles. The maximum absolute atomic E-state index is 13.9. The first-order valence-corrected chi connectivity index (χ1v) is 14.4. The standard InChI is InChI=1S/C29H36N2O4.C2HF3O2/c30-26(32)20-25-27(21-16-18-31(25,19-17-21)24-14-8-3-9-15-24)35-28(33)29(34,22-10-4-1-5-11-22)23-12-6-2-7-13-23;3-2(4,5)1(6)7/h1-2,4-7,10-13,21,24-25,27,34H,3,8-9,14-20H2,(H-,30,32);(H,6,7)/t21?,25-,27?,31?;/m1./s1. The number of fused-ring (bicyclic) bond motifs is 3. The summed E-state index contributed by atoms with van der Waals surface area (Å²) < 4.78 is 38.7. The second-order valence-electron chi connectivity index (χ2n) is 11.5. The van der Waals surface area contributed by atoms with Crippen molar-refractivity contribution in [3.05, 3.63) is 71.8 Å². The van der Waals surface area contributed by atoms with E-state index in [2.05, 4.69) is 0 Å². The minimum atomic E-state index is -5.19. The molecule has 2 bridgehead atoms. The topological polar surface area (TPSA) is 130 Å². The number of quaternary nitrogens is 1. The van der Waals surface area contributed by atoms with Crippen LogP contribution in [-0.4, -0.2) is 64.9 Å². The molecular formula is C31H37F3N2O6. The summed E-state index contributed by atoms with van der Waals surface area (Å²) in [6, 6.07) is 18.3. The largest absolute Gasteiger partial charge is 0.542 e. The minimum Gasteiger partial charge on any atom is -0.542 e. The normalized spacial score (nSPS) is 26.0. The average molecular weight is 591 g/mol. The Labute approximate surface area is 242 Å². The number of piperidine rings is 3. The third kappa shape index (κ3) is 6.47. The number of primary amides is 1. The summed E-state index contributed by atoms with van der Waals surface area (Å²) in [7, 11) is 0. The number of esters is 1. The molecule has 11 heteroatoms. The van der Waals surface area contributed by atoms with Gasteiger partial charge in [-0.05, 0) is 36.8 Å². The minimum absolute atomic E-state index is 0.150. The number of hydrogen-bond acceptors (Lipinski definition) is 6. The van der Waals surface area contributed by atoms with Crippen molar-refractivity contribution in [1.29, 1.82) is 0 Å². The Hall–Kier alpha value is -3.44. The van der Waals surface area contributed by atoms with Crippen LogP contribution in [0.25, 0.3) is 0 Å². The van der Waals surface area contributed by atoms with Gasteiger partial charge < -0.3 is 30.0 Å². The molecule has 1 amide bonds. The van der Waals surface area contributed by atoms with Crippen LogP contribution in [0.1, 0.15) is 62.5 Å². The van der Waals surface area contributed by atoms with Crippen LogP contribution in [0.2, 0.25) is 0 Å². The van der Waals surface area contributed by atoms with Crippen LogP contribution in [0.15, 0.2) is 60.7 Å². The lowest BCUT2D eigenvalue weighted by Crippen LogP contribution is -2.74. The lowest BCUT2D eigenvalue weighted by atomic mass is 9.73. The van der Waals surface area contributed by atoms with Crippen LogP contribution in [0.3, 0.4) is 0 Å². The average Bonchev–Trinajstić information content (AvgIpc) is 2.99. The van der Waals surface area contributed by atoms with E-state index in [0.717, 1.165) is 43.3 Å². The van der Waals surface area contributed by atoms with Crippen LogP contribution >= 0.6 is 0 Å². The molecule has 228 valence electrons. The van der Waals surface area contributed by atoms with E-state index >= 15 is 0 Å². The molecule has 6 rings (SSSR count). The highest BCUT2D eigenvalue weighted by atomic mass is 19.4. The van der Waals surface area contributed by atoms with E-state index in [-0.39, 0.29) is 24.3 Å². The zero-order valence-corrected chi connectivity index (χ0v) is 23.3. The Balaban J connectivity index is 0.000000517. The highest BCUT2D eigenvalue weighted by Crippen LogP contribution is 2.47. The molecule has 42 heavy (non-hydrogen) atoms. The summed E-state index contributed by atoms with van der Waals surface area (Å²) in [5.41, 5.74) is 4.78. The predicted molar refractivity (Wildman–Crippen MR) is 144 cm³/mol. The first-order chi connectivity index (χ1) is 19.9. The third-order valence-electron chi connectivity index (χ3n) is 9.20. The van der Waals surface area contributed by atoms with E-state index in [1.807, 2.05) is 36.4 Å². The van der Waals surface area contributed by atoms with Crippen molar-refractivity contribution in [3.63, 3.8) is 0 Å². The molecule has 0 spiro atoms. The molecule has 3 aliphatic heterocycles. The Bertz CT molecular complexity index is 1190. The Morgan fingerprint density at radius 1 is 0.881 bits per heavy atom. The summed E-state index contributed by atoms with van der Waals surface area (Å²) in [6.07, 6.45) is 2.51. The number of nitrogens with two attached hydrogens (primary N) is 1. The van der Waals surface area contributed by atoms with Gasteiger partial charge >= 0.3 is 12.1 Å². The number of halogens is 3. The zero-order chi connectivity index (χ0) is 30.5. The fourth-order valence-electron chi connectivity index (χ4n) is 7.22. The van der Waals surface area contributed by atoms with Crippen LogP contribution in [0.4, 0.5) is 13.2 Å². The second-order valence-corrected chi connectivity index (χ2v) is 11.5. The van der Waals surface area contributed by atoms with E-state index < -0.39 is 29.8 Å². The lowest BCUT2D eigenvalue weighted by molar-refractivity contribution is -0.991. The van der Waals surface area contributed by atoms with Gasteiger partial charge in [0.15, 0.2) is 6.10 Å². The molecule has 0 radical (unpaired) electrons. The van der Waals surface area contributed by atoms with Gasteiger partial charge in [-0.1, -0.05) is 67.1 Å². The second kappa shape index (κ2) is 12.8. The number of carboxylic acid groups (broad SMARTS) is 1. The molecule has 3 heterocycles. The summed E-state index contributed by atoms with van der Waals surface area (Å²) in [4.78, 5) is 35.0. The van der Waals surface area contributed by atoms with E-state index in [0.29, 0.717) is 17.2 Å². The van der Waals surface area contributed by atoms with Gasteiger partial charge in [0.2, 0.25) is 11.5 Å². The lowest BCUT2D eigenvalue weighted by Gasteiger charge is -2.61. The quantitative estimate of drug-likeness (QED) is 0.377. The molecule has 1 unspecified atom stereocenters. The van der Waals surface area contributed by atoms with Crippen molar-refractivity contribution in [1.82, 2.24) is 0 Å². The van der Waals surface area contributed by atoms with Crippen LogP contribution in [0.5, 0.6) is 0 Å². The molecule has 2 aromatic rings. The third-order valence-corrected chi connectivity index (χ3v) is 9.20.